The third-order valence-corrected chi connectivity index (χ3v) is 4.47. The Morgan fingerprint density at radius 3 is 2.03 bits per heavy atom. The van der Waals surface area contributed by atoms with Gasteiger partial charge in [-0.15, -0.1) is 0 Å². The van der Waals surface area contributed by atoms with Crippen molar-refractivity contribution < 1.29 is 14.5 Å². The summed E-state index contributed by atoms with van der Waals surface area (Å²) in [5.74, 6) is -0.700. The molecule has 0 saturated heterocycles. The molecule has 0 aliphatic rings. The lowest BCUT2D eigenvalue weighted by molar-refractivity contribution is -0.384. The van der Waals surface area contributed by atoms with Gasteiger partial charge in [-0.2, -0.15) is 0 Å². The summed E-state index contributed by atoms with van der Waals surface area (Å²) in [6.07, 6.45) is 0. The van der Waals surface area contributed by atoms with Crippen molar-refractivity contribution >= 4 is 40.5 Å². The molecule has 0 fully saturated rings. The van der Waals surface area contributed by atoms with E-state index in [1.165, 1.54) is 24.3 Å². The monoisotopic (exact) mass is 434 g/mol. The average Bonchev–Trinajstić information content (AvgIpc) is 2.78. The van der Waals surface area contributed by atoms with Crippen molar-refractivity contribution in [2.45, 2.75) is 6.54 Å². The molecular formula is C22H18N4O4S. The fraction of sp³-hybridized carbons (Fsp3) is 0.0455. The number of nitro groups is 1. The number of thiocarbonyl (C=S) groups is 1. The first-order valence-corrected chi connectivity index (χ1v) is 9.62. The van der Waals surface area contributed by atoms with Gasteiger partial charge < -0.3 is 10.6 Å². The number of nitrogens with one attached hydrogen (secondary N) is 3. The molecule has 3 aromatic carbocycles. The van der Waals surface area contributed by atoms with E-state index in [1.807, 2.05) is 30.3 Å². The summed E-state index contributed by atoms with van der Waals surface area (Å²) in [4.78, 5) is 34.6. The molecular weight excluding hydrogens is 416 g/mol. The van der Waals surface area contributed by atoms with Gasteiger partial charge in [0.25, 0.3) is 17.5 Å². The molecule has 3 rings (SSSR count). The van der Waals surface area contributed by atoms with E-state index < -0.39 is 10.8 Å². The van der Waals surface area contributed by atoms with Crippen LogP contribution in [0.1, 0.15) is 26.3 Å². The Morgan fingerprint density at radius 1 is 0.839 bits per heavy atom. The van der Waals surface area contributed by atoms with E-state index in [-0.39, 0.29) is 22.3 Å². The van der Waals surface area contributed by atoms with Crippen LogP contribution in [0.3, 0.4) is 0 Å². The molecule has 0 atom stereocenters. The van der Waals surface area contributed by atoms with Gasteiger partial charge in [0.05, 0.1) is 4.92 Å². The number of carbonyl (C=O) groups is 2. The zero-order valence-electron chi connectivity index (χ0n) is 16.2. The second-order valence-corrected chi connectivity index (χ2v) is 6.87. The van der Waals surface area contributed by atoms with Crippen LogP contribution in [-0.2, 0) is 6.54 Å². The Labute approximate surface area is 183 Å². The Bertz CT molecular complexity index is 1100. The Hall–Kier alpha value is -4.11. The van der Waals surface area contributed by atoms with Crippen LogP contribution in [0.25, 0.3) is 0 Å². The fourth-order valence-corrected chi connectivity index (χ4v) is 2.87. The minimum absolute atomic E-state index is 0.0598. The number of hydrogen-bond acceptors (Lipinski definition) is 5. The van der Waals surface area contributed by atoms with Crippen LogP contribution in [0.15, 0.2) is 78.9 Å². The zero-order valence-corrected chi connectivity index (χ0v) is 17.0. The first-order chi connectivity index (χ1) is 14.9. The second-order valence-electron chi connectivity index (χ2n) is 6.46. The first-order valence-electron chi connectivity index (χ1n) is 9.21. The molecule has 0 aliphatic heterocycles. The predicted molar refractivity (Wildman–Crippen MR) is 121 cm³/mol. The Balaban J connectivity index is 1.51. The summed E-state index contributed by atoms with van der Waals surface area (Å²) in [5, 5.41) is 18.9. The number of nitrogens with zero attached hydrogens (tertiary/aromatic N) is 1. The first kappa shape index (κ1) is 21.6. The summed E-state index contributed by atoms with van der Waals surface area (Å²) < 4.78 is 0. The molecule has 0 spiro atoms. The Kier molecular flexibility index (Phi) is 7.02. The van der Waals surface area contributed by atoms with Gasteiger partial charge in [0, 0.05) is 35.5 Å². The summed E-state index contributed by atoms with van der Waals surface area (Å²) in [6.45, 7) is 0.429. The number of hydrogen-bond donors (Lipinski definition) is 3. The van der Waals surface area contributed by atoms with Gasteiger partial charge in [-0.3, -0.25) is 25.0 Å². The van der Waals surface area contributed by atoms with Gasteiger partial charge in [0.1, 0.15) is 0 Å². The van der Waals surface area contributed by atoms with Crippen LogP contribution in [0.4, 0.5) is 11.4 Å². The van der Waals surface area contributed by atoms with Crippen molar-refractivity contribution in [1.82, 2.24) is 10.6 Å². The Morgan fingerprint density at radius 2 is 1.42 bits per heavy atom. The van der Waals surface area contributed by atoms with Crippen molar-refractivity contribution in [3.63, 3.8) is 0 Å². The van der Waals surface area contributed by atoms with Gasteiger partial charge in [0.2, 0.25) is 0 Å². The van der Waals surface area contributed by atoms with Crippen molar-refractivity contribution in [3.8, 4) is 0 Å². The highest BCUT2D eigenvalue weighted by Gasteiger charge is 2.11. The maximum absolute atomic E-state index is 12.3. The molecule has 3 aromatic rings. The number of benzene rings is 3. The topological polar surface area (TPSA) is 113 Å². The maximum atomic E-state index is 12.3. The number of rotatable bonds is 6. The molecule has 0 bridgehead atoms. The molecule has 3 N–H and O–H groups in total. The van der Waals surface area contributed by atoms with Gasteiger partial charge in [-0.05, 0) is 54.2 Å². The fourth-order valence-electron chi connectivity index (χ4n) is 2.66. The molecule has 0 aromatic heterocycles. The van der Waals surface area contributed by atoms with Crippen molar-refractivity contribution in [2.75, 3.05) is 5.32 Å². The van der Waals surface area contributed by atoms with Crippen molar-refractivity contribution in [2.24, 2.45) is 0 Å². The van der Waals surface area contributed by atoms with E-state index in [1.54, 1.807) is 24.3 Å². The van der Waals surface area contributed by atoms with Crippen LogP contribution in [0.5, 0.6) is 0 Å². The van der Waals surface area contributed by atoms with Crippen LogP contribution in [0, 0.1) is 10.1 Å². The van der Waals surface area contributed by atoms with Crippen molar-refractivity contribution in [3.05, 3.63) is 106 Å². The smallest absolute Gasteiger partial charge is 0.269 e. The maximum Gasteiger partial charge on any atom is 0.269 e. The molecule has 2 amide bonds. The van der Waals surface area contributed by atoms with E-state index in [4.69, 9.17) is 12.2 Å². The molecule has 9 heteroatoms. The van der Waals surface area contributed by atoms with E-state index in [0.717, 1.165) is 5.56 Å². The largest absolute Gasteiger partial charge is 0.348 e. The zero-order chi connectivity index (χ0) is 22.2. The van der Waals surface area contributed by atoms with Crippen LogP contribution >= 0.6 is 12.2 Å². The lowest BCUT2D eigenvalue weighted by atomic mass is 10.1. The highest BCUT2D eigenvalue weighted by atomic mass is 32.1. The lowest BCUT2D eigenvalue weighted by Crippen LogP contribution is -2.34. The molecule has 8 nitrogen and oxygen atoms in total. The van der Waals surface area contributed by atoms with E-state index >= 15 is 0 Å². The standard InChI is InChI=1S/C22H18N4O4S/c27-20(23-14-15-4-2-1-3-5-15)16-6-10-18(11-7-16)24-22(31)25-21(28)17-8-12-19(13-9-17)26(29)30/h1-13H,14H2,(H,23,27)(H2,24,25,28,31). The quantitative estimate of drug-likeness (QED) is 0.310. The number of non-ortho nitro benzene ring substituents is 1. The third kappa shape index (κ3) is 6.18. The number of nitro benzene ring substituents is 1. The summed E-state index contributed by atoms with van der Waals surface area (Å²) in [7, 11) is 0. The SMILES string of the molecule is O=C(NCc1ccccc1)c1ccc(NC(=S)NC(=O)c2ccc([N+](=O)[O-])cc2)cc1. The van der Waals surface area contributed by atoms with Crippen LogP contribution in [-0.4, -0.2) is 21.9 Å². The molecule has 156 valence electrons. The van der Waals surface area contributed by atoms with Gasteiger partial charge in [-0.25, -0.2) is 0 Å². The number of anilines is 1. The minimum atomic E-state index is -0.542. The van der Waals surface area contributed by atoms with Gasteiger partial charge >= 0.3 is 0 Å². The van der Waals surface area contributed by atoms with E-state index in [0.29, 0.717) is 17.8 Å². The van der Waals surface area contributed by atoms with Gasteiger partial charge in [0.15, 0.2) is 5.11 Å². The average molecular weight is 434 g/mol. The lowest BCUT2D eigenvalue weighted by Gasteiger charge is -2.10. The third-order valence-electron chi connectivity index (χ3n) is 4.27. The second kappa shape index (κ2) is 10.1. The van der Waals surface area contributed by atoms with Crippen molar-refractivity contribution in [1.29, 1.82) is 0 Å². The molecule has 0 heterocycles. The summed E-state index contributed by atoms with van der Waals surface area (Å²) in [6, 6.07) is 21.4. The van der Waals surface area contributed by atoms with E-state index in [2.05, 4.69) is 16.0 Å². The van der Waals surface area contributed by atoms with Crippen LogP contribution in [0.2, 0.25) is 0 Å². The highest BCUT2D eigenvalue weighted by Crippen LogP contribution is 2.13. The van der Waals surface area contributed by atoms with E-state index in [9.17, 15) is 19.7 Å². The van der Waals surface area contributed by atoms with Gasteiger partial charge in [-0.1, -0.05) is 30.3 Å². The molecule has 0 unspecified atom stereocenters. The molecule has 0 aliphatic carbocycles. The minimum Gasteiger partial charge on any atom is -0.348 e. The number of amides is 2. The predicted octanol–water partition coefficient (Wildman–Crippen LogP) is 3.65. The normalized spacial score (nSPS) is 10.1. The number of carbonyl (C=O) groups excluding carboxylic acids is 2. The summed E-state index contributed by atoms with van der Waals surface area (Å²) >= 11 is 5.13. The summed E-state index contributed by atoms with van der Waals surface area (Å²) in [5.41, 5.74) is 2.21. The molecule has 31 heavy (non-hydrogen) atoms. The molecule has 0 radical (unpaired) electrons. The highest BCUT2D eigenvalue weighted by molar-refractivity contribution is 7.80. The molecule has 0 saturated carbocycles. The van der Waals surface area contributed by atoms with Crippen LogP contribution < -0.4 is 16.0 Å².